The quantitative estimate of drug-likeness (QED) is 0.244. The van der Waals surface area contributed by atoms with Crippen LogP contribution in [0.25, 0.3) is 0 Å². The predicted octanol–water partition coefficient (Wildman–Crippen LogP) is 7.56. The molecule has 0 aromatic heterocycles. The molecule has 1 atom stereocenters. The molecule has 0 spiro atoms. The van der Waals surface area contributed by atoms with Crippen LogP contribution in [0.2, 0.25) is 0 Å². The van der Waals surface area contributed by atoms with E-state index in [1.807, 2.05) is 19.1 Å². The van der Waals surface area contributed by atoms with Gasteiger partial charge in [0.1, 0.15) is 0 Å². The third kappa shape index (κ3) is 8.49. The summed E-state index contributed by atoms with van der Waals surface area (Å²) in [6, 6.07) is 14.7. The van der Waals surface area contributed by atoms with Crippen LogP contribution in [0.3, 0.4) is 0 Å². The van der Waals surface area contributed by atoms with Crippen molar-refractivity contribution in [3.8, 4) is 6.07 Å². The summed E-state index contributed by atoms with van der Waals surface area (Å²) in [5, 5.41) is 19.3. The van der Waals surface area contributed by atoms with E-state index in [2.05, 4.69) is 19.6 Å². The lowest BCUT2D eigenvalue weighted by Crippen LogP contribution is -2.40. The van der Waals surface area contributed by atoms with Gasteiger partial charge in [-0.15, -0.1) is 6.58 Å². The second kappa shape index (κ2) is 13.6. The number of aliphatic hydroxyl groups is 1. The Kier molecular flexibility index (Phi) is 11.5. The fourth-order valence-corrected chi connectivity index (χ4v) is 3.38. The van der Waals surface area contributed by atoms with Crippen LogP contribution >= 0.6 is 11.9 Å². The summed E-state index contributed by atoms with van der Waals surface area (Å²) in [7, 11) is 1.77. The van der Waals surface area contributed by atoms with E-state index >= 15 is 0 Å². The Morgan fingerprint density at radius 2 is 1.73 bits per heavy atom. The molecule has 2 rings (SSSR count). The molecule has 3 nitrogen and oxygen atoms in total. The molecule has 0 heterocycles. The number of anilines is 1. The molecule has 1 N–H and O–H groups in total. The van der Waals surface area contributed by atoms with Crippen molar-refractivity contribution in [1.82, 2.24) is 0 Å². The van der Waals surface area contributed by atoms with E-state index in [0.29, 0.717) is 17.7 Å². The van der Waals surface area contributed by atoms with Crippen LogP contribution in [0, 0.1) is 11.3 Å². The zero-order chi connectivity index (χ0) is 24.9. The Hall–Kier alpha value is -2.95. The summed E-state index contributed by atoms with van der Waals surface area (Å²) >= 11 is 1.34. The molecule has 0 aliphatic heterocycles. The van der Waals surface area contributed by atoms with E-state index in [9.17, 15) is 18.3 Å². The number of halogens is 3. The van der Waals surface area contributed by atoms with E-state index in [0.717, 1.165) is 17.4 Å². The van der Waals surface area contributed by atoms with Crippen LogP contribution < -0.4 is 4.31 Å². The molecule has 0 aliphatic carbocycles. The Bertz CT molecular complexity index is 978. The first-order valence-electron chi connectivity index (χ1n) is 10.4. The molecule has 0 bridgehead atoms. The smallest absolute Gasteiger partial charge is 0.373 e. The molecular weight excluding hydrogens is 445 g/mol. The van der Waals surface area contributed by atoms with Gasteiger partial charge in [-0.1, -0.05) is 56.4 Å². The molecule has 176 valence electrons. The Balaban J connectivity index is 0.00000125. The van der Waals surface area contributed by atoms with Gasteiger partial charge in [-0.3, -0.25) is 0 Å². The average molecular weight is 475 g/mol. The van der Waals surface area contributed by atoms with Crippen molar-refractivity contribution in [3.63, 3.8) is 0 Å². The van der Waals surface area contributed by atoms with Crippen molar-refractivity contribution in [2.75, 3.05) is 11.4 Å². The molecule has 0 radical (unpaired) electrons. The largest absolute Gasteiger partial charge is 0.425 e. The van der Waals surface area contributed by atoms with Crippen molar-refractivity contribution in [2.45, 2.75) is 43.4 Å². The van der Waals surface area contributed by atoms with E-state index in [-0.39, 0.29) is 5.56 Å². The zero-order valence-corrected chi connectivity index (χ0v) is 19.8. The van der Waals surface area contributed by atoms with Gasteiger partial charge in [-0.05, 0) is 66.8 Å². The molecule has 2 aromatic carbocycles. The number of nitriles is 1. The SMILES string of the molecule is C=CCC.CC/C=C/C=C/C(O)(c1ccc(N(C)Sc2cccc(C#N)c2)cc1)C(F)(F)F. The van der Waals surface area contributed by atoms with E-state index < -0.39 is 11.8 Å². The van der Waals surface area contributed by atoms with Crippen LogP contribution in [0.15, 0.2) is 90.4 Å². The number of allylic oxidation sites excluding steroid dienone is 4. The highest BCUT2D eigenvalue weighted by atomic mass is 32.2. The van der Waals surface area contributed by atoms with Gasteiger partial charge in [0.25, 0.3) is 0 Å². The standard InChI is InChI=1S/C22H21F3N2OS.C4H8/c1-3-4-5-6-14-21(28,22(23,24)25)18-10-12-19(13-11-18)27(2)29-20-9-7-8-17(15-20)16-26;1-3-4-2/h4-15,28H,3H2,1-2H3;3H,1,4H2,2H3/b5-4+,14-6+;. The number of nitrogens with zero attached hydrogens (tertiary/aromatic N) is 2. The summed E-state index contributed by atoms with van der Waals surface area (Å²) in [6.07, 6.45) is 3.91. The minimum Gasteiger partial charge on any atom is -0.373 e. The molecule has 0 aliphatic rings. The van der Waals surface area contributed by atoms with Crippen LogP contribution in [0.4, 0.5) is 18.9 Å². The van der Waals surface area contributed by atoms with Gasteiger partial charge in [-0.2, -0.15) is 18.4 Å². The molecule has 0 saturated heterocycles. The van der Waals surface area contributed by atoms with Crippen LogP contribution in [0.1, 0.15) is 37.8 Å². The molecule has 0 saturated carbocycles. The molecule has 0 fully saturated rings. The number of hydrogen-bond acceptors (Lipinski definition) is 4. The third-order valence-electron chi connectivity index (χ3n) is 4.42. The molecule has 33 heavy (non-hydrogen) atoms. The van der Waals surface area contributed by atoms with Crippen molar-refractivity contribution in [3.05, 3.63) is 96.6 Å². The lowest BCUT2D eigenvalue weighted by Gasteiger charge is -2.28. The first-order chi connectivity index (χ1) is 15.6. The summed E-state index contributed by atoms with van der Waals surface area (Å²) < 4.78 is 42.4. The maximum atomic E-state index is 13.6. The first-order valence-corrected chi connectivity index (χ1v) is 11.2. The second-order valence-corrected chi connectivity index (χ2v) is 8.13. The van der Waals surface area contributed by atoms with Gasteiger partial charge in [0.15, 0.2) is 0 Å². The van der Waals surface area contributed by atoms with Gasteiger partial charge < -0.3 is 9.41 Å². The first kappa shape index (κ1) is 28.1. The van der Waals surface area contributed by atoms with Crippen LogP contribution in [-0.4, -0.2) is 18.3 Å². The Morgan fingerprint density at radius 3 is 2.24 bits per heavy atom. The Labute approximate surface area is 198 Å². The van der Waals surface area contributed by atoms with Gasteiger partial charge in [0.05, 0.1) is 11.6 Å². The molecule has 1 unspecified atom stereocenters. The van der Waals surface area contributed by atoms with Gasteiger partial charge in [0.2, 0.25) is 5.60 Å². The Morgan fingerprint density at radius 1 is 1.09 bits per heavy atom. The summed E-state index contributed by atoms with van der Waals surface area (Å²) in [6.45, 7) is 7.41. The van der Waals surface area contributed by atoms with Gasteiger partial charge >= 0.3 is 6.18 Å². The van der Waals surface area contributed by atoms with Gasteiger partial charge in [-0.25, -0.2) is 0 Å². The highest BCUT2D eigenvalue weighted by molar-refractivity contribution is 8.00. The second-order valence-electron chi connectivity index (χ2n) is 6.93. The predicted molar refractivity (Wildman–Crippen MR) is 131 cm³/mol. The third-order valence-corrected chi connectivity index (χ3v) is 5.37. The molecular formula is C26H29F3N2OS. The maximum Gasteiger partial charge on any atom is 0.425 e. The molecule has 0 amide bonds. The lowest BCUT2D eigenvalue weighted by atomic mass is 9.92. The summed E-state index contributed by atoms with van der Waals surface area (Å²) in [5.74, 6) is 0. The van der Waals surface area contributed by atoms with Crippen molar-refractivity contribution in [1.29, 1.82) is 5.26 Å². The minimum absolute atomic E-state index is 0.264. The molecule has 2 aromatic rings. The maximum absolute atomic E-state index is 13.6. The number of hydrogen-bond donors (Lipinski definition) is 1. The van der Waals surface area contributed by atoms with Crippen LogP contribution in [-0.2, 0) is 5.60 Å². The average Bonchev–Trinajstić information content (AvgIpc) is 2.81. The minimum atomic E-state index is -4.86. The number of rotatable bonds is 8. The van der Waals surface area contributed by atoms with Crippen LogP contribution in [0.5, 0.6) is 0 Å². The van der Waals surface area contributed by atoms with Crippen molar-refractivity contribution >= 4 is 17.6 Å². The van der Waals surface area contributed by atoms with E-state index in [4.69, 9.17) is 5.26 Å². The highest BCUT2D eigenvalue weighted by Gasteiger charge is 2.53. The highest BCUT2D eigenvalue weighted by Crippen LogP contribution is 2.41. The monoisotopic (exact) mass is 474 g/mol. The van der Waals surface area contributed by atoms with E-state index in [1.54, 1.807) is 35.6 Å². The van der Waals surface area contributed by atoms with E-state index in [1.165, 1.54) is 48.4 Å². The van der Waals surface area contributed by atoms with Crippen molar-refractivity contribution < 1.29 is 18.3 Å². The normalized spacial score (nSPS) is 13.2. The number of alkyl halides is 3. The van der Waals surface area contributed by atoms with Crippen molar-refractivity contribution in [2.24, 2.45) is 0 Å². The lowest BCUT2D eigenvalue weighted by molar-refractivity contribution is -0.245. The molecule has 7 heteroatoms. The summed E-state index contributed by atoms with van der Waals surface area (Å²) in [4.78, 5) is 0.827. The zero-order valence-electron chi connectivity index (χ0n) is 19.0. The van der Waals surface area contributed by atoms with Gasteiger partial charge in [0, 0.05) is 17.6 Å². The topological polar surface area (TPSA) is 47.3 Å². The summed E-state index contributed by atoms with van der Waals surface area (Å²) in [5.41, 5.74) is -2.16. The fourth-order valence-electron chi connectivity index (χ4n) is 2.52. The number of benzene rings is 2. The fraction of sp³-hybridized carbons (Fsp3) is 0.269.